The zero-order chi connectivity index (χ0) is 41.1. The summed E-state index contributed by atoms with van der Waals surface area (Å²) in [5, 5.41) is 2.67. The fourth-order valence-electron chi connectivity index (χ4n) is 6.30. The number of likely N-dealkylation sites (tertiary alicyclic amines) is 1. The molecule has 3 aromatic carbocycles. The number of sulfonamides is 1. The molecule has 1 aromatic heterocycles. The van der Waals surface area contributed by atoms with E-state index in [2.05, 4.69) is 10.3 Å². The first kappa shape index (κ1) is 41.7. The fourth-order valence-corrected chi connectivity index (χ4v) is 7.33. The summed E-state index contributed by atoms with van der Waals surface area (Å²) in [6.07, 6.45) is 0.682. The number of ketones is 1. The SMILES string of the molecule is COC(=O)c1ccc2oc(C(=O)[C@H](C(C)C)N3CCC[C@H]3C(=O)N(C(=O)c3ccc(NC(=O)NS(=O)(=O)c4ccc(Cl)cc4)cc3)C(=O)[C@@H](N)C(C)C)nc2c1. The molecular formula is C38H41ClN6O10S. The Morgan fingerprint density at radius 3 is 2.20 bits per heavy atom. The van der Waals surface area contributed by atoms with E-state index in [1.54, 1.807) is 32.6 Å². The van der Waals surface area contributed by atoms with Gasteiger partial charge in [-0.15, -0.1) is 0 Å². The Hall–Kier alpha value is -5.49. The molecule has 1 saturated heterocycles. The monoisotopic (exact) mass is 808 g/mol. The number of benzene rings is 3. The van der Waals surface area contributed by atoms with Crippen molar-refractivity contribution in [1.82, 2.24) is 19.5 Å². The molecule has 5 amide bonds. The number of hydrogen-bond acceptors (Lipinski definition) is 13. The number of hydrogen-bond donors (Lipinski definition) is 3. The van der Waals surface area contributed by atoms with E-state index in [1.165, 1.54) is 73.8 Å². The van der Waals surface area contributed by atoms with Gasteiger partial charge in [0, 0.05) is 16.3 Å². The lowest BCUT2D eigenvalue weighted by Gasteiger charge is -2.35. The standard InChI is InChI=1S/C38H41ClN6O10S/c1-20(2)30(40)36(49)45(34(47)22-8-13-25(14-9-22)41-38(51)43-56(52,53)26-15-11-24(39)12-16-26)35(48)28-7-6-18-44(28)31(21(3)4)32(46)33-42-27-19-23(37(50)54-5)10-17-29(27)55-33/h8-17,19-21,28,30-31H,6-7,18,40H2,1-5H3,(H2,41,43,51)/t28-,30-,31-/m0/s1. The molecule has 18 heteroatoms. The Morgan fingerprint density at radius 1 is 0.946 bits per heavy atom. The molecule has 0 aliphatic carbocycles. The lowest BCUT2D eigenvalue weighted by molar-refractivity contribution is -0.145. The number of nitrogens with two attached hydrogens (primary N) is 1. The molecule has 0 spiro atoms. The molecule has 0 unspecified atom stereocenters. The second kappa shape index (κ2) is 17.1. The zero-order valence-electron chi connectivity index (χ0n) is 31.1. The molecule has 1 aliphatic heterocycles. The van der Waals surface area contributed by atoms with Gasteiger partial charge in [-0.3, -0.25) is 24.1 Å². The highest BCUT2D eigenvalue weighted by Crippen LogP contribution is 2.30. The minimum absolute atomic E-state index is 0.0920. The van der Waals surface area contributed by atoms with Crippen molar-refractivity contribution in [2.75, 3.05) is 19.0 Å². The van der Waals surface area contributed by atoms with E-state index in [9.17, 15) is 37.2 Å². The van der Waals surface area contributed by atoms with Crippen molar-refractivity contribution in [1.29, 1.82) is 0 Å². The summed E-state index contributed by atoms with van der Waals surface area (Å²) in [7, 11) is -3.00. The van der Waals surface area contributed by atoms with Crippen LogP contribution in [-0.4, -0.2) is 90.5 Å². The number of carbonyl (C=O) groups excluding carboxylic acids is 6. The molecule has 4 aromatic rings. The van der Waals surface area contributed by atoms with Crippen molar-refractivity contribution >= 4 is 73.9 Å². The maximum atomic E-state index is 14.4. The van der Waals surface area contributed by atoms with Gasteiger partial charge in [0.05, 0.1) is 35.7 Å². The molecule has 3 atom stereocenters. The highest BCUT2D eigenvalue weighted by atomic mass is 35.5. The molecule has 2 heterocycles. The van der Waals surface area contributed by atoms with E-state index < -0.39 is 69.6 Å². The summed E-state index contributed by atoms with van der Waals surface area (Å²) < 4.78 is 37.6. The number of nitrogens with one attached hydrogen (secondary N) is 2. The Labute approximate surface area is 327 Å². The number of anilines is 1. The predicted molar refractivity (Wildman–Crippen MR) is 204 cm³/mol. The Bertz CT molecular complexity index is 2280. The van der Waals surface area contributed by atoms with Crippen LogP contribution in [0.25, 0.3) is 11.1 Å². The van der Waals surface area contributed by atoms with Gasteiger partial charge in [-0.25, -0.2) is 32.6 Å². The van der Waals surface area contributed by atoms with Crippen LogP contribution >= 0.6 is 11.6 Å². The molecule has 5 rings (SSSR count). The molecule has 1 fully saturated rings. The fraction of sp³-hybridized carbons (Fsp3) is 0.342. The highest BCUT2D eigenvalue weighted by molar-refractivity contribution is 7.90. The summed E-state index contributed by atoms with van der Waals surface area (Å²) in [5.74, 6) is -5.01. The van der Waals surface area contributed by atoms with Gasteiger partial charge in [-0.1, -0.05) is 39.3 Å². The lowest BCUT2D eigenvalue weighted by atomic mass is 9.96. The number of nitrogens with zero attached hydrogens (tertiary/aromatic N) is 3. The third kappa shape index (κ3) is 8.97. The summed E-state index contributed by atoms with van der Waals surface area (Å²) in [5.41, 5.74) is 6.91. The first-order chi connectivity index (χ1) is 26.4. The van der Waals surface area contributed by atoms with E-state index in [0.29, 0.717) is 16.3 Å². The van der Waals surface area contributed by atoms with Crippen molar-refractivity contribution in [2.45, 2.75) is 63.6 Å². The number of fused-ring (bicyclic) bond motifs is 1. The first-order valence-corrected chi connectivity index (χ1v) is 19.5. The van der Waals surface area contributed by atoms with Crippen LogP contribution in [0.5, 0.6) is 0 Å². The van der Waals surface area contributed by atoms with E-state index >= 15 is 0 Å². The average Bonchev–Trinajstić information content (AvgIpc) is 3.81. The van der Waals surface area contributed by atoms with Gasteiger partial charge in [0.25, 0.3) is 33.6 Å². The quantitative estimate of drug-likeness (QED) is 0.101. The van der Waals surface area contributed by atoms with Crippen molar-refractivity contribution in [3.8, 4) is 0 Å². The maximum absolute atomic E-state index is 14.4. The van der Waals surface area contributed by atoms with Gasteiger partial charge in [0.15, 0.2) is 5.58 Å². The Morgan fingerprint density at radius 2 is 1.59 bits per heavy atom. The van der Waals surface area contributed by atoms with Crippen LogP contribution < -0.4 is 15.8 Å². The van der Waals surface area contributed by atoms with Crippen LogP contribution in [0.1, 0.15) is 71.9 Å². The average molecular weight is 809 g/mol. The minimum atomic E-state index is -4.24. The van der Waals surface area contributed by atoms with E-state index in [1.807, 2.05) is 4.72 Å². The summed E-state index contributed by atoms with van der Waals surface area (Å²) >= 11 is 5.82. The first-order valence-electron chi connectivity index (χ1n) is 17.6. The molecule has 0 bridgehead atoms. The summed E-state index contributed by atoms with van der Waals surface area (Å²) in [6.45, 7) is 7.18. The second-order valence-corrected chi connectivity index (χ2v) is 15.9. The number of methoxy groups -OCH3 is 1. The van der Waals surface area contributed by atoms with Crippen LogP contribution in [-0.2, 0) is 24.3 Å². The summed E-state index contributed by atoms with van der Waals surface area (Å²) in [6, 6.07) is 10.3. The molecule has 56 heavy (non-hydrogen) atoms. The van der Waals surface area contributed by atoms with Gasteiger partial charge in [0.2, 0.25) is 5.78 Å². The van der Waals surface area contributed by atoms with E-state index in [-0.39, 0.29) is 57.6 Å². The normalized spacial score (nSPS) is 15.7. The number of ether oxygens (including phenoxy) is 1. The zero-order valence-corrected chi connectivity index (χ0v) is 32.7. The van der Waals surface area contributed by atoms with Crippen molar-refractivity contribution in [3.63, 3.8) is 0 Å². The van der Waals surface area contributed by atoms with Crippen LogP contribution in [0.2, 0.25) is 5.02 Å². The lowest BCUT2D eigenvalue weighted by Crippen LogP contribution is -2.58. The molecule has 16 nitrogen and oxygen atoms in total. The maximum Gasteiger partial charge on any atom is 0.337 e. The van der Waals surface area contributed by atoms with Crippen molar-refractivity contribution in [2.24, 2.45) is 17.6 Å². The Balaban J connectivity index is 1.38. The number of carbonyl (C=O) groups is 6. The van der Waals surface area contributed by atoms with Gasteiger partial charge in [0.1, 0.15) is 5.52 Å². The number of Topliss-reactive ketones (excluding diaryl/α,β-unsaturated/α-hetero) is 1. The van der Waals surface area contributed by atoms with Crippen molar-refractivity contribution < 1.29 is 46.3 Å². The third-order valence-electron chi connectivity index (χ3n) is 9.24. The highest BCUT2D eigenvalue weighted by Gasteiger charge is 2.46. The molecule has 0 saturated carbocycles. The molecule has 0 radical (unpaired) electrons. The van der Waals surface area contributed by atoms with Gasteiger partial charge in [-0.05, 0) is 98.0 Å². The largest absolute Gasteiger partial charge is 0.465 e. The van der Waals surface area contributed by atoms with Crippen LogP contribution in [0.15, 0.2) is 76.0 Å². The number of rotatable bonds is 12. The molecule has 4 N–H and O–H groups in total. The Kier molecular flexibility index (Phi) is 12.7. The van der Waals surface area contributed by atoms with Crippen molar-refractivity contribution in [3.05, 3.63) is 88.8 Å². The molecular weight excluding hydrogens is 768 g/mol. The van der Waals surface area contributed by atoms with E-state index in [0.717, 1.165) is 0 Å². The number of aromatic nitrogens is 1. The van der Waals surface area contributed by atoms with Gasteiger partial charge < -0.3 is 20.2 Å². The number of imide groups is 3. The number of esters is 1. The number of urea groups is 1. The second-order valence-electron chi connectivity index (χ2n) is 13.8. The minimum Gasteiger partial charge on any atom is -0.465 e. The van der Waals surface area contributed by atoms with Crippen LogP contribution in [0.3, 0.4) is 0 Å². The summed E-state index contributed by atoms with van der Waals surface area (Å²) in [4.78, 5) is 87.3. The van der Waals surface area contributed by atoms with Gasteiger partial charge in [-0.2, -0.15) is 0 Å². The predicted octanol–water partition coefficient (Wildman–Crippen LogP) is 4.63. The van der Waals surface area contributed by atoms with E-state index in [4.69, 9.17) is 26.5 Å². The number of oxazole rings is 1. The number of halogens is 1. The molecule has 1 aliphatic rings. The molecule has 296 valence electrons. The number of amides is 5. The smallest absolute Gasteiger partial charge is 0.337 e. The van der Waals surface area contributed by atoms with Gasteiger partial charge >= 0.3 is 12.0 Å². The third-order valence-corrected chi connectivity index (χ3v) is 10.8. The van der Waals surface area contributed by atoms with Crippen LogP contribution in [0, 0.1) is 11.8 Å². The van der Waals surface area contributed by atoms with Crippen LogP contribution in [0.4, 0.5) is 10.5 Å². The topological polar surface area (TPSA) is 228 Å².